The second-order valence-electron chi connectivity index (χ2n) is 3.46. The number of hydrogen-bond acceptors (Lipinski definition) is 5. The summed E-state index contributed by atoms with van der Waals surface area (Å²) in [6, 6.07) is 8.48. The maximum Gasteiger partial charge on any atom is 0.103 e. The summed E-state index contributed by atoms with van der Waals surface area (Å²) in [4.78, 5) is 21.3. The van der Waals surface area contributed by atoms with Crippen molar-refractivity contribution in [3.63, 3.8) is 0 Å². The van der Waals surface area contributed by atoms with Crippen molar-refractivity contribution in [2.24, 2.45) is 0 Å². The van der Waals surface area contributed by atoms with Crippen LogP contribution < -0.4 is 15.1 Å². The number of hydrogen-bond donors (Lipinski definition) is 1. The molecule has 1 aromatic rings. The van der Waals surface area contributed by atoms with Crippen LogP contribution in [0, 0.1) is 0 Å². The van der Waals surface area contributed by atoms with E-state index in [1.165, 1.54) is 0 Å². The first-order valence-corrected chi connectivity index (χ1v) is 6.33. The molecule has 0 aliphatic heterocycles. The van der Waals surface area contributed by atoms with E-state index in [1.807, 2.05) is 0 Å². The van der Waals surface area contributed by atoms with Crippen LogP contribution in [-0.2, 0) is 9.09 Å². The number of phosphoric ester groups is 1. The van der Waals surface area contributed by atoms with E-state index < -0.39 is 13.9 Å². The lowest BCUT2D eigenvalue weighted by molar-refractivity contribution is -0.345. The van der Waals surface area contributed by atoms with E-state index >= 15 is 0 Å². The molecule has 0 aliphatic carbocycles. The minimum atomic E-state index is -4.99. The Labute approximate surface area is 94.7 Å². The summed E-state index contributed by atoms with van der Waals surface area (Å²) in [5.74, 6) is 0. The highest BCUT2D eigenvalue weighted by Crippen LogP contribution is 2.36. The first kappa shape index (κ1) is 13.4. The molecule has 0 aliphatic rings. The van der Waals surface area contributed by atoms with E-state index in [4.69, 9.17) is 0 Å². The lowest BCUT2D eigenvalue weighted by Crippen LogP contribution is -2.32. The Morgan fingerprint density at radius 2 is 1.88 bits per heavy atom. The zero-order valence-corrected chi connectivity index (χ0v) is 10.0. The maximum absolute atomic E-state index is 10.7. The number of nitrogens with one attached hydrogen (secondary N) is 1. The summed E-state index contributed by atoms with van der Waals surface area (Å²) in [7, 11) is -3.32. The lowest BCUT2D eigenvalue weighted by atomic mass is 10.0. The van der Waals surface area contributed by atoms with E-state index in [9.17, 15) is 14.4 Å². The van der Waals surface area contributed by atoms with Crippen molar-refractivity contribution in [1.29, 1.82) is 0 Å². The van der Waals surface area contributed by atoms with Crippen LogP contribution in [-0.4, -0.2) is 13.1 Å². The second-order valence-corrected chi connectivity index (χ2v) is 4.57. The summed E-state index contributed by atoms with van der Waals surface area (Å²) in [6.45, 7) is 1.74. The van der Waals surface area contributed by atoms with Crippen molar-refractivity contribution in [1.82, 2.24) is 5.32 Å². The van der Waals surface area contributed by atoms with Gasteiger partial charge in [-0.3, -0.25) is 0 Å². The second kappa shape index (κ2) is 5.57. The normalized spacial score (nSPS) is 15.8. The zero-order valence-electron chi connectivity index (χ0n) is 9.12. The van der Waals surface area contributed by atoms with Gasteiger partial charge >= 0.3 is 0 Å². The van der Waals surface area contributed by atoms with Gasteiger partial charge in [-0.05, 0) is 19.5 Å². The summed E-state index contributed by atoms with van der Waals surface area (Å²) in [5, 5.41) is 2.86. The molecule has 1 aromatic carbocycles. The SMILES string of the molecule is CN[C@H](C)[C@@H](OP(=O)([O-])[O-])c1ccccc1. The minimum absolute atomic E-state index is 0.279. The lowest BCUT2D eigenvalue weighted by Gasteiger charge is -2.36. The summed E-state index contributed by atoms with van der Waals surface area (Å²) in [5.41, 5.74) is 0.649. The molecule has 0 spiro atoms. The standard InChI is InChI=1S/C10H16NO4P/c1-8(11-2)10(15-16(12,13)14)9-6-4-3-5-7-9/h3-8,10-11H,1-2H3,(H2,12,13,14)/p-2/t8-,10-/m1/s1. The number of benzene rings is 1. The smallest absolute Gasteiger partial charge is 0.103 e. The highest BCUT2D eigenvalue weighted by Gasteiger charge is 2.19. The third kappa shape index (κ3) is 4.04. The van der Waals surface area contributed by atoms with Gasteiger partial charge in [0.1, 0.15) is 6.10 Å². The van der Waals surface area contributed by atoms with Crippen LogP contribution in [0.25, 0.3) is 0 Å². The molecule has 0 unspecified atom stereocenters. The molecular weight excluding hydrogens is 229 g/mol. The summed E-state index contributed by atoms with van der Waals surface area (Å²) in [6.07, 6.45) is -0.799. The van der Waals surface area contributed by atoms with Crippen LogP contribution in [0.5, 0.6) is 0 Å². The van der Waals surface area contributed by atoms with Crippen molar-refractivity contribution in [2.75, 3.05) is 7.05 Å². The van der Waals surface area contributed by atoms with Crippen LogP contribution in [0.4, 0.5) is 0 Å². The average molecular weight is 243 g/mol. The van der Waals surface area contributed by atoms with Gasteiger partial charge in [0.25, 0.3) is 0 Å². The molecule has 90 valence electrons. The van der Waals surface area contributed by atoms with Gasteiger partial charge in [-0.25, -0.2) is 0 Å². The quantitative estimate of drug-likeness (QED) is 0.746. The summed E-state index contributed by atoms with van der Waals surface area (Å²) >= 11 is 0. The van der Waals surface area contributed by atoms with Crippen LogP contribution >= 0.6 is 7.82 Å². The predicted octanol–water partition coefficient (Wildman–Crippen LogP) is 0.181. The van der Waals surface area contributed by atoms with Gasteiger partial charge in [0.05, 0.1) is 7.82 Å². The molecule has 16 heavy (non-hydrogen) atoms. The third-order valence-electron chi connectivity index (χ3n) is 2.28. The van der Waals surface area contributed by atoms with Crippen molar-refractivity contribution >= 4 is 7.82 Å². The number of likely N-dealkylation sites (N-methyl/N-ethyl adjacent to an activating group) is 1. The summed E-state index contributed by atoms with van der Waals surface area (Å²) < 4.78 is 15.2. The van der Waals surface area contributed by atoms with Crippen LogP contribution in [0.1, 0.15) is 18.6 Å². The molecule has 0 saturated heterocycles. The topological polar surface area (TPSA) is 84.5 Å². The van der Waals surface area contributed by atoms with E-state index in [2.05, 4.69) is 9.84 Å². The molecule has 6 heteroatoms. The average Bonchev–Trinajstić information content (AvgIpc) is 2.25. The molecule has 0 aromatic heterocycles. The van der Waals surface area contributed by atoms with Gasteiger partial charge < -0.3 is 24.2 Å². The highest BCUT2D eigenvalue weighted by molar-refractivity contribution is 7.43. The number of phosphoric acid groups is 1. The third-order valence-corrected chi connectivity index (χ3v) is 2.77. The van der Waals surface area contributed by atoms with E-state index in [-0.39, 0.29) is 6.04 Å². The Kier molecular flexibility index (Phi) is 4.65. The monoisotopic (exact) mass is 243 g/mol. The van der Waals surface area contributed by atoms with Gasteiger partial charge in [0.2, 0.25) is 0 Å². The van der Waals surface area contributed by atoms with Crippen molar-refractivity contribution in [3.05, 3.63) is 35.9 Å². The van der Waals surface area contributed by atoms with E-state index in [0.29, 0.717) is 5.56 Å². The van der Waals surface area contributed by atoms with Crippen molar-refractivity contribution in [2.45, 2.75) is 19.1 Å². The van der Waals surface area contributed by atoms with Gasteiger partial charge in [-0.15, -0.1) is 0 Å². The molecule has 0 bridgehead atoms. The van der Waals surface area contributed by atoms with E-state index in [1.54, 1.807) is 44.3 Å². The molecule has 5 nitrogen and oxygen atoms in total. The molecule has 0 radical (unpaired) electrons. The Balaban J connectivity index is 2.93. The fraction of sp³-hybridized carbons (Fsp3) is 0.400. The fourth-order valence-corrected chi connectivity index (χ4v) is 1.96. The molecule has 0 heterocycles. The fourth-order valence-electron chi connectivity index (χ4n) is 1.37. The van der Waals surface area contributed by atoms with Gasteiger partial charge in [0, 0.05) is 6.04 Å². The molecule has 2 atom stereocenters. The van der Waals surface area contributed by atoms with Crippen LogP contribution in [0.15, 0.2) is 30.3 Å². The first-order valence-electron chi connectivity index (χ1n) is 4.86. The maximum atomic E-state index is 10.7. The Bertz CT molecular complexity index is 364. The molecule has 1 N–H and O–H groups in total. The zero-order chi connectivity index (χ0) is 12.2. The van der Waals surface area contributed by atoms with Gasteiger partial charge in [-0.2, -0.15) is 0 Å². The van der Waals surface area contributed by atoms with E-state index in [0.717, 1.165) is 0 Å². The Morgan fingerprint density at radius 3 is 2.31 bits per heavy atom. The minimum Gasteiger partial charge on any atom is -0.790 e. The molecule has 0 saturated carbocycles. The predicted molar refractivity (Wildman–Crippen MR) is 56.4 cm³/mol. The molecule has 1 rings (SSSR count). The van der Waals surface area contributed by atoms with Crippen molar-refractivity contribution in [3.8, 4) is 0 Å². The largest absolute Gasteiger partial charge is 0.790 e. The van der Waals surface area contributed by atoms with Crippen molar-refractivity contribution < 1.29 is 18.9 Å². The van der Waals surface area contributed by atoms with Crippen LogP contribution in [0.2, 0.25) is 0 Å². The molecular formula is C10H14NO4P-2. The number of rotatable bonds is 5. The molecule has 0 amide bonds. The Morgan fingerprint density at radius 1 is 1.31 bits per heavy atom. The highest BCUT2D eigenvalue weighted by atomic mass is 31.2. The molecule has 0 fully saturated rings. The first-order chi connectivity index (χ1) is 7.44. The van der Waals surface area contributed by atoms with Crippen LogP contribution in [0.3, 0.4) is 0 Å². The van der Waals surface area contributed by atoms with Gasteiger partial charge in [0.15, 0.2) is 0 Å². The Hall–Kier alpha value is -0.710. The van der Waals surface area contributed by atoms with Gasteiger partial charge in [-0.1, -0.05) is 30.3 Å².